The maximum atomic E-state index is 12.2. The SMILES string of the molecule is O=S(=O)(NC(c1ccccc1)C1CC1)c1ccn[nH]1. The first kappa shape index (κ1) is 12.4. The molecule has 1 aliphatic rings. The average Bonchev–Trinajstić information content (AvgIpc) is 3.09. The summed E-state index contributed by atoms with van der Waals surface area (Å²) in [4.78, 5) is 0. The van der Waals surface area contributed by atoms with E-state index in [4.69, 9.17) is 0 Å². The van der Waals surface area contributed by atoms with Crippen LogP contribution in [0.2, 0.25) is 0 Å². The van der Waals surface area contributed by atoms with E-state index in [1.54, 1.807) is 0 Å². The predicted octanol–water partition coefficient (Wildman–Crippen LogP) is 1.84. The van der Waals surface area contributed by atoms with Crippen LogP contribution in [-0.2, 0) is 10.0 Å². The number of benzene rings is 1. The molecule has 0 aliphatic heterocycles. The summed E-state index contributed by atoms with van der Waals surface area (Å²) < 4.78 is 27.2. The van der Waals surface area contributed by atoms with Gasteiger partial charge in [-0.05, 0) is 30.4 Å². The molecule has 0 spiro atoms. The van der Waals surface area contributed by atoms with E-state index in [2.05, 4.69) is 14.9 Å². The van der Waals surface area contributed by atoms with E-state index in [9.17, 15) is 8.42 Å². The van der Waals surface area contributed by atoms with Crippen LogP contribution in [0.1, 0.15) is 24.4 Å². The molecule has 1 atom stereocenters. The molecule has 1 fully saturated rings. The summed E-state index contributed by atoms with van der Waals surface area (Å²) in [7, 11) is -3.54. The first-order chi connectivity index (χ1) is 9.17. The van der Waals surface area contributed by atoms with Crippen LogP contribution in [0.15, 0.2) is 47.6 Å². The van der Waals surface area contributed by atoms with Gasteiger partial charge in [0.15, 0.2) is 5.03 Å². The van der Waals surface area contributed by atoms with E-state index in [-0.39, 0.29) is 11.1 Å². The highest BCUT2D eigenvalue weighted by Gasteiger charge is 2.35. The van der Waals surface area contributed by atoms with Gasteiger partial charge < -0.3 is 0 Å². The van der Waals surface area contributed by atoms with E-state index in [0.29, 0.717) is 5.92 Å². The zero-order valence-electron chi connectivity index (χ0n) is 10.3. The number of hydrogen-bond donors (Lipinski definition) is 2. The molecule has 1 saturated carbocycles. The second-order valence-corrected chi connectivity index (χ2v) is 6.45. The highest BCUT2D eigenvalue weighted by molar-refractivity contribution is 7.89. The van der Waals surface area contributed by atoms with Crippen molar-refractivity contribution >= 4 is 10.0 Å². The Balaban J connectivity index is 1.87. The van der Waals surface area contributed by atoms with Crippen LogP contribution in [0.25, 0.3) is 0 Å². The van der Waals surface area contributed by atoms with Crippen LogP contribution < -0.4 is 4.72 Å². The van der Waals surface area contributed by atoms with Gasteiger partial charge in [0.25, 0.3) is 10.0 Å². The van der Waals surface area contributed by atoms with Crippen molar-refractivity contribution in [1.29, 1.82) is 0 Å². The lowest BCUT2D eigenvalue weighted by molar-refractivity contribution is 0.526. The zero-order valence-corrected chi connectivity index (χ0v) is 11.1. The lowest BCUT2D eigenvalue weighted by atomic mass is 10.0. The van der Waals surface area contributed by atoms with Crippen LogP contribution in [0.3, 0.4) is 0 Å². The molecule has 0 saturated heterocycles. The minimum Gasteiger partial charge on any atom is -0.266 e. The summed E-state index contributed by atoms with van der Waals surface area (Å²) in [5.41, 5.74) is 1.01. The van der Waals surface area contributed by atoms with Gasteiger partial charge in [0.05, 0.1) is 6.20 Å². The molecular formula is C13H15N3O2S. The second-order valence-electron chi connectivity index (χ2n) is 4.77. The Kier molecular flexibility index (Phi) is 3.12. The van der Waals surface area contributed by atoms with Gasteiger partial charge >= 0.3 is 0 Å². The molecular weight excluding hydrogens is 262 g/mol. The maximum absolute atomic E-state index is 12.2. The molecule has 0 radical (unpaired) electrons. The first-order valence-corrected chi connectivity index (χ1v) is 7.72. The molecule has 1 aromatic carbocycles. The van der Waals surface area contributed by atoms with Crippen LogP contribution >= 0.6 is 0 Å². The molecule has 1 aliphatic carbocycles. The van der Waals surface area contributed by atoms with E-state index in [1.807, 2.05) is 30.3 Å². The van der Waals surface area contributed by atoms with E-state index in [0.717, 1.165) is 18.4 Å². The number of nitrogens with one attached hydrogen (secondary N) is 2. The molecule has 1 heterocycles. The van der Waals surface area contributed by atoms with Gasteiger partial charge in [-0.15, -0.1) is 0 Å². The Morgan fingerprint density at radius 1 is 1.21 bits per heavy atom. The Labute approximate surface area is 112 Å². The van der Waals surface area contributed by atoms with Crippen molar-refractivity contribution < 1.29 is 8.42 Å². The molecule has 5 nitrogen and oxygen atoms in total. The topological polar surface area (TPSA) is 74.8 Å². The minimum absolute atomic E-state index is 0.106. The third-order valence-electron chi connectivity index (χ3n) is 3.30. The van der Waals surface area contributed by atoms with Gasteiger partial charge in [-0.3, -0.25) is 5.10 Å². The van der Waals surface area contributed by atoms with E-state index < -0.39 is 10.0 Å². The Morgan fingerprint density at radius 3 is 2.53 bits per heavy atom. The van der Waals surface area contributed by atoms with Crippen molar-refractivity contribution in [2.24, 2.45) is 5.92 Å². The van der Waals surface area contributed by atoms with Gasteiger partial charge in [-0.2, -0.15) is 5.10 Å². The largest absolute Gasteiger partial charge is 0.266 e. The van der Waals surface area contributed by atoms with Crippen molar-refractivity contribution in [3.8, 4) is 0 Å². The molecule has 100 valence electrons. The van der Waals surface area contributed by atoms with Crippen LogP contribution in [-0.4, -0.2) is 18.6 Å². The van der Waals surface area contributed by atoms with Gasteiger partial charge in [-0.25, -0.2) is 13.1 Å². The smallest absolute Gasteiger partial charge is 0.258 e. The second kappa shape index (κ2) is 4.79. The van der Waals surface area contributed by atoms with Gasteiger partial charge in [0.2, 0.25) is 0 Å². The number of H-pyrrole nitrogens is 1. The van der Waals surface area contributed by atoms with Gasteiger partial charge in [-0.1, -0.05) is 30.3 Å². The summed E-state index contributed by atoms with van der Waals surface area (Å²) >= 11 is 0. The monoisotopic (exact) mass is 277 g/mol. The normalized spacial score (nSPS) is 17.3. The first-order valence-electron chi connectivity index (χ1n) is 6.23. The molecule has 2 N–H and O–H groups in total. The van der Waals surface area contributed by atoms with Crippen LogP contribution in [0.4, 0.5) is 0 Å². The fourth-order valence-electron chi connectivity index (χ4n) is 2.15. The van der Waals surface area contributed by atoms with Crippen molar-refractivity contribution in [2.45, 2.75) is 23.9 Å². The number of sulfonamides is 1. The van der Waals surface area contributed by atoms with Gasteiger partial charge in [0, 0.05) is 6.04 Å². The fraction of sp³-hybridized carbons (Fsp3) is 0.308. The summed E-state index contributed by atoms with van der Waals surface area (Å²) in [6, 6.07) is 11.0. The van der Waals surface area contributed by atoms with Crippen molar-refractivity contribution in [3.05, 3.63) is 48.2 Å². The molecule has 2 aromatic rings. The molecule has 6 heteroatoms. The minimum atomic E-state index is -3.54. The van der Waals surface area contributed by atoms with Gasteiger partial charge in [0.1, 0.15) is 0 Å². The average molecular weight is 277 g/mol. The third kappa shape index (κ3) is 2.69. The molecule has 3 rings (SSSR count). The highest BCUT2D eigenvalue weighted by atomic mass is 32.2. The van der Waals surface area contributed by atoms with Crippen LogP contribution in [0.5, 0.6) is 0 Å². The maximum Gasteiger partial charge on any atom is 0.258 e. The molecule has 19 heavy (non-hydrogen) atoms. The lowest BCUT2D eigenvalue weighted by Gasteiger charge is -2.18. The lowest BCUT2D eigenvalue weighted by Crippen LogP contribution is -2.30. The molecule has 0 amide bonds. The molecule has 1 unspecified atom stereocenters. The number of nitrogens with zero attached hydrogens (tertiary/aromatic N) is 1. The Morgan fingerprint density at radius 2 is 1.95 bits per heavy atom. The standard InChI is InChI=1S/C13H15N3O2S/c17-19(18,12-8-9-14-15-12)16-13(11-6-7-11)10-4-2-1-3-5-10/h1-5,8-9,11,13,16H,6-7H2,(H,14,15). The third-order valence-corrected chi connectivity index (χ3v) is 4.67. The Bertz CT molecular complexity index is 634. The number of aromatic nitrogens is 2. The van der Waals surface area contributed by atoms with Crippen molar-refractivity contribution in [2.75, 3.05) is 0 Å². The number of hydrogen-bond acceptors (Lipinski definition) is 3. The number of aromatic amines is 1. The number of rotatable bonds is 5. The van der Waals surface area contributed by atoms with Crippen molar-refractivity contribution in [1.82, 2.24) is 14.9 Å². The summed E-state index contributed by atoms with van der Waals surface area (Å²) in [6.45, 7) is 0. The van der Waals surface area contributed by atoms with Crippen molar-refractivity contribution in [3.63, 3.8) is 0 Å². The summed E-state index contributed by atoms with van der Waals surface area (Å²) in [5.74, 6) is 0.389. The van der Waals surface area contributed by atoms with E-state index in [1.165, 1.54) is 12.3 Å². The summed E-state index contributed by atoms with van der Waals surface area (Å²) in [5, 5.41) is 6.28. The van der Waals surface area contributed by atoms with E-state index >= 15 is 0 Å². The Hall–Kier alpha value is -1.66. The fourth-order valence-corrected chi connectivity index (χ4v) is 3.35. The van der Waals surface area contributed by atoms with Crippen LogP contribution in [0, 0.1) is 5.92 Å². The molecule has 0 bridgehead atoms. The zero-order chi connectivity index (χ0) is 13.3. The quantitative estimate of drug-likeness (QED) is 0.875. The predicted molar refractivity (Wildman–Crippen MR) is 70.8 cm³/mol. The summed E-state index contributed by atoms with van der Waals surface area (Å²) in [6.07, 6.45) is 3.55. The highest BCUT2D eigenvalue weighted by Crippen LogP contribution is 2.41. The molecule has 1 aromatic heterocycles.